The minimum atomic E-state index is -1.91. The second-order valence-corrected chi connectivity index (χ2v) is 14.8. The summed E-state index contributed by atoms with van der Waals surface area (Å²) in [4.78, 5) is 14.9. The quantitative estimate of drug-likeness (QED) is 0.557. The van der Waals surface area contributed by atoms with Crippen molar-refractivity contribution in [1.82, 2.24) is 15.0 Å². The Hall–Kier alpha value is -1.48. The molecule has 2 aromatic rings. The van der Waals surface area contributed by atoms with Gasteiger partial charge in [-0.25, -0.2) is 15.0 Å². The smallest absolute Gasteiger partial charge is 0.410 e. The molecule has 1 aliphatic heterocycles. The standard InChI is InChI=1S/C20H30BClN4O2Si/c1-19(2,3)29(6,7)28-13-20(4)12-26(21(5)27)17-15(20)10-14(11-24-17)16-8-9-23-18(22)25-16/h8-11,27H,12-13H2,1-7H3. The van der Waals surface area contributed by atoms with Crippen LogP contribution in [0.4, 0.5) is 5.82 Å². The molecule has 0 radical (unpaired) electrons. The van der Waals surface area contributed by atoms with Crippen LogP contribution in [0.5, 0.6) is 0 Å². The molecule has 0 amide bonds. The molecule has 0 saturated heterocycles. The predicted molar refractivity (Wildman–Crippen MR) is 122 cm³/mol. The maximum absolute atomic E-state index is 10.3. The maximum atomic E-state index is 10.3. The first kappa shape index (κ1) is 22.2. The minimum absolute atomic E-state index is 0.132. The third-order valence-electron chi connectivity index (χ3n) is 6.24. The molecule has 0 saturated carbocycles. The topological polar surface area (TPSA) is 71.4 Å². The summed E-state index contributed by atoms with van der Waals surface area (Å²) in [5.74, 6) is 0.797. The van der Waals surface area contributed by atoms with Gasteiger partial charge in [0, 0.05) is 42.1 Å². The molecule has 9 heteroatoms. The molecule has 1 N–H and O–H groups in total. The summed E-state index contributed by atoms with van der Waals surface area (Å²) < 4.78 is 6.59. The van der Waals surface area contributed by atoms with Crippen LogP contribution in [0.2, 0.25) is 30.2 Å². The molecule has 6 nitrogen and oxygen atoms in total. The van der Waals surface area contributed by atoms with Crippen molar-refractivity contribution >= 4 is 32.8 Å². The number of hydrogen-bond acceptors (Lipinski definition) is 6. The second kappa shape index (κ2) is 7.65. The molecule has 3 rings (SSSR count). The van der Waals surface area contributed by atoms with Crippen LogP contribution >= 0.6 is 11.6 Å². The Morgan fingerprint density at radius 3 is 2.62 bits per heavy atom. The fourth-order valence-electron chi connectivity index (χ4n) is 3.29. The molecule has 2 aromatic heterocycles. The first-order chi connectivity index (χ1) is 13.3. The average Bonchev–Trinajstić information content (AvgIpc) is 2.93. The first-order valence-corrected chi connectivity index (χ1v) is 13.2. The summed E-state index contributed by atoms with van der Waals surface area (Å²) in [6, 6.07) is 3.92. The highest BCUT2D eigenvalue weighted by molar-refractivity contribution is 6.74. The molecule has 0 fully saturated rings. The van der Waals surface area contributed by atoms with Crippen LogP contribution in [0.15, 0.2) is 24.5 Å². The molecule has 3 heterocycles. The van der Waals surface area contributed by atoms with Crippen LogP contribution in [-0.2, 0) is 9.84 Å². The van der Waals surface area contributed by atoms with Crippen molar-refractivity contribution < 1.29 is 9.45 Å². The van der Waals surface area contributed by atoms with Crippen molar-refractivity contribution in [3.8, 4) is 11.3 Å². The summed E-state index contributed by atoms with van der Waals surface area (Å²) in [5.41, 5.74) is 2.37. The molecule has 29 heavy (non-hydrogen) atoms. The van der Waals surface area contributed by atoms with Crippen molar-refractivity contribution in [3.05, 3.63) is 35.4 Å². The number of anilines is 1. The van der Waals surface area contributed by atoms with E-state index in [0.29, 0.717) is 13.2 Å². The molecule has 1 aliphatic rings. The van der Waals surface area contributed by atoms with E-state index in [-0.39, 0.29) is 15.7 Å². The Morgan fingerprint density at radius 2 is 2.03 bits per heavy atom. The zero-order valence-electron chi connectivity index (χ0n) is 18.3. The van der Waals surface area contributed by atoms with Gasteiger partial charge in [-0.1, -0.05) is 27.7 Å². The number of halogens is 1. The van der Waals surface area contributed by atoms with E-state index >= 15 is 0 Å². The van der Waals surface area contributed by atoms with Crippen LogP contribution in [-0.4, -0.2) is 48.5 Å². The van der Waals surface area contributed by atoms with E-state index in [1.165, 1.54) is 0 Å². The molecule has 0 aliphatic carbocycles. The van der Waals surface area contributed by atoms with E-state index in [1.54, 1.807) is 19.2 Å². The Labute approximate surface area is 180 Å². The molecule has 1 atom stereocenters. The summed E-state index contributed by atoms with van der Waals surface area (Å²) >= 11 is 5.98. The predicted octanol–water partition coefficient (Wildman–Crippen LogP) is 4.40. The first-order valence-electron chi connectivity index (χ1n) is 9.92. The van der Waals surface area contributed by atoms with Crippen molar-refractivity contribution in [3.63, 3.8) is 0 Å². The fourth-order valence-corrected chi connectivity index (χ4v) is 4.55. The molecular weight excluding hydrogens is 403 g/mol. The van der Waals surface area contributed by atoms with Gasteiger partial charge in [0.25, 0.3) is 0 Å². The number of pyridine rings is 1. The average molecular weight is 433 g/mol. The summed E-state index contributed by atoms with van der Waals surface area (Å²) in [6.45, 7) is 16.4. The second-order valence-electron chi connectivity index (χ2n) is 9.68. The van der Waals surface area contributed by atoms with Gasteiger partial charge in [-0.05, 0) is 48.7 Å². The van der Waals surface area contributed by atoms with Crippen LogP contribution in [0.3, 0.4) is 0 Å². The highest BCUT2D eigenvalue weighted by Crippen LogP contribution is 2.44. The van der Waals surface area contributed by atoms with E-state index in [1.807, 2.05) is 10.9 Å². The van der Waals surface area contributed by atoms with Gasteiger partial charge >= 0.3 is 7.05 Å². The highest BCUT2D eigenvalue weighted by Gasteiger charge is 2.45. The zero-order chi connectivity index (χ0) is 21.6. The largest absolute Gasteiger partial charge is 0.432 e. The van der Waals surface area contributed by atoms with E-state index in [4.69, 9.17) is 16.0 Å². The van der Waals surface area contributed by atoms with E-state index in [2.05, 4.69) is 61.8 Å². The van der Waals surface area contributed by atoms with Crippen molar-refractivity contribution in [2.24, 2.45) is 0 Å². The lowest BCUT2D eigenvalue weighted by Gasteiger charge is -2.39. The van der Waals surface area contributed by atoms with Gasteiger partial charge in [0.15, 0.2) is 8.32 Å². The fraction of sp³-hybridized carbons (Fsp3) is 0.550. The number of fused-ring (bicyclic) bond motifs is 1. The highest BCUT2D eigenvalue weighted by atomic mass is 35.5. The van der Waals surface area contributed by atoms with E-state index in [9.17, 15) is 5.02 Å². The van der Waals surface area contributed by atoms with E-state index in [0.717, 1.165) is 22.6 Å². The number of nitrogens with zero attached hydrogens (tertiary/aromatic N) is 4. The monoisotopic (exact) mass is 432 g/mol. The van der Waals surface area contributed by atoms with Crippen LogP contribution in [0, 0.1) is 0 Å². The van der Waals surface area contributed by atoms with Gasteiger partial charge in [0.2, 0.25) is 5.28 Å². The van der Waals surface area contributed by atoms with Gasteiger partial charge in [0.05, 0.1) is 5.69 Å². The lowest BCUT2D eigenvalue weighted by atomic mass is 9.83. The molecular formula is C20H30BClN4O2Si. The third-order valence-corrected chi connectivity index (χ3v) is 10.9. The van der Waals surface area contributed by atoms with Gasteiger partial charge in [-0.15, -0.1) is 0 Å². The molecule has 0 spiro atoms. The van der Waals surface area contributed by atoms with Gasteiger partial charge < -0.3 is 14.3 Å². The maximum Gasteiger partial charge on any atom is 0.410 e. The summed E-state index contributed by atoms with van der Waals surface area (Å²) in [6.07, 6.45) is 3.41. The van der Waals surface area contributed by atoms with Gasteiger partial charge in [0.1, 0.15) is 5.82 Å². The Morgan fingerprint density at radius 1 is 1.34 bits per heavy atom. The number of hydrogen-bond donors (Lipinski definition) is 1. The number of rotatable bonds is 5. The lowest BCUT2D eigenvalue weighted by molar-refractivity contribution is 0.218. The number of aromatic nitrogens is 3. The Bertz CT molecular complexity index is 906. The summed E-state index contributed by atoms with van der Waals surface area (Å²) in [7, 11) is -2.54. The third kappa shape index (κ3) is 4.35. The Kier molecular flexibility index (Phi) is 5.86. The van der Waals surface area contributed by atoms with Crippen molar-refractivity contribution in [1.29, 1.82) is 0 Å². The molecule has 0 bridgehead atoms. The molecule has 0 aromatic carbocycles. The van der Waals surface area contributed by atoms with Gasteiger partial charge in [-0.3, -0.25) is 0 Å². The SMILES string of the molecule is CB(O)N1CC(C)(CO[Si](C)(C)C(C)(C)C)c2cc(-c3ccnc(Cl)n3)cnc21. The minimum Gasteiger partial charge on any atom is -0.432 e. The van der Waals surface area contributed by atoms with Crippen LogP contribution in [0.25, 0.3) is 11.3 Å². The summed E-state index contributed by atoms with van der Waals surface area (Å²) in [5, 5.41) is 10.7. The van der Waals surface area contributed by atoms with Gasteiger partial charge in [-0.2, -0.15) is 0 Å². The van der Waals surface area contributed by atoms with E-state index < -0.39 is 15.4 Å². The normalized spacial score (nSPS) is 19.4. The van der Waals surface area contributed by atoms with Crippen LogP contribution in [0.1, 0.15) is 33.3 Å². The Balaban J connectivity index is 2.00. The van der Waals surface area contributed by atoms with Crippen molar-refractivity contribution in [2.45, 2.75) is 58.1 Å². The molecule has 1 unspecified atom stereocenters. The zero-order valence-corrected chi connectivity index (χ0v) is 20.1. The van der Waals surface area contributed by atoms with Crippen LogP contribution < -0.4 is 4.81 Å². The molecule has 156 valence electrons. The van der Waals surface area contributed by atoms with Crippen molar-refractivity contribution in [2.75, 3.05) is 18.0 Å². The lowest BCUT2D eigenvalue weighted by Crippen LogP contribution is -2.47.